The molecule has 5 heteroatoms. The maximum absolute atomic E-state index is 11.7. The van der Waals surface area contributed by atoms with Gasteiger partial charge in [-0.15, -0.1) is 0 Å². The summed E-state index contributed by atoms with van der Waals surface area (Å²) in [7, 11) is 0. The number of rotatable bonds is 9. The van der Waals surface area contributed by atoms with E-state index in [1.54, 1.807) is 0 Å². The Kier molecular flexibility index (Phi) is 8.66. The summed E-state index contributed by atoms with van der Waals surface area (Å²) in [6.45, 7) is 0.604. The maximum Gasteiger partial charge on any atom is 0.411 e. The summed E-state index contributed by atoms with van der Waals surface area (Å²) in [6, 6.07) is 0. The molecular weight excluding hydrogens is 221 g/mol. The largest absolute Gasteiger partial charge is 0.411 e. The van der Waals surface area contributed by atoms with Crippen molar-refractivity contribution >= 4 is 0 Å². The number of ether oxygens (including phenoxy) is 1. The van der Waals surface area contributed by atoms with Gasteiger partial charge in [0.15, 0.2) is 0 Å². The second-order valence-corrected chi connectivity index (χ2v) is 3.99. The van der Waals surface area contributed by atoms with E-state index >= 15 is 0 Å². The Morgan fingerprint density at radius 3 is 2.31 bits per heavy atom. The van der Waals surface area contributed by atoms with Crippen LogP contribution in [0.5, 0.6) is 0 Å². The zero-order valence-corrected chi connectivity index (χ0v) is 9.72. The van der Waals surface area contributed by atoms with Gasteiger partial charge in [0, 0.05) is 0 Å². The number of hydrogen-bond donors (Lipinski definition) is 1. The molecule has 0 aliphatic heterocycles. The van der Waals surface area contributed by atoms with Gasteiger partial charge in [-0.25, -0.2) is 0 Å². The Labute approximate surface area is 94.8 Å². The third kappa shape index (κ3) is 11.8. The first-order valence-corrected chi connectivity index (χ1v) is 5.78. The highest BCUT2D eigenvalue weighted by Crippen LogP contribution is 2.15. The van der Waals surface area contributed by atoms with Crippen LogP contribution < -0.4 is 0 Å². The lowest BCUT2D eigenvalue weighted by molar-refractivity contribution is -0.179. The molecule has 0 aliphatic rings. The normalized spacial score (nSPS) is 14.1. The molecule has 1 N–H and O–H groups in total. The number of halogens is 3. The minimum absolute atomic E-state index is 0.229. The highest BCUT2D eigenvalue weighted by atomic mass is 19.4. The first-order valence-electron chi connectivity index (χ1n) is 5.78. The average molecular weight is 242 g/mol. The molecule has 0 aromatic carbocycles. The van der Waals surface area contributed by atoms with Crippen molar-refractivity contribution in [3.63, 3.8) is 0 Å². The van der Waals surface area contributed by atoms with Crippen molar-refractivity contribution < 1.29 is 23.0 Å². The van der Waals surface area contributed by atoms with E-state index in [2.05, 4.69) is 11.7 Å². The minimum Gasteiger partial charge on any atom is -0.391 e. The van der Waals surface area contributed by atoms with Crippen LogP contribution in [0.15, 0.2) is 0 Å². The van der Waals surface area contributed by atoms with Gasteiger partial charge in [0.1, 0.15) is 6.61 Å². The van der Waals surface area contributed by atoms with E-state index in [9.17, 15) is 18.3 Å². The number of unbranched alkanes of at least 4 members (excludes halogenated alkanes) is 4. The van der Waals surface area contributed by atoms with Gasteiger partial charge in [0.2, 0.25) is 0 Å². The van der Waals surface area contributed by atoms with Crippen LogP contribution in [0.25, 0.3) is 0 Å². The van der Waals surface area contributed by atoms with Crippen LogP contribution in [-0.4, -0.2) is 30.6 Å². The Hall–Kier alpha value is -0.290. The van der Waals surface area contributed by atoms with Crippen LogP contribution in [0.1, 0.15) is 45.4 Å². The molecule has 0 bridgehead atoms. The third-order valence-corrected chi connectivity index (χ3v) is 2.22. The van der Waals surface area contributed by atoms with E-state index in [0.29, 0.717) is 6.42 Å². The van der Waals surface area contributed by atoms with Gasteiger partial charge >= 0.3 is 6.18 Å². The van der Waals surface area contributed by atoms with Gasteiger partial charge in [-0.3, -0.25) is 0 Å². The van der Waals surface area contributed by atoms with Crippen LogP contribution in [0.2, 0.25) is 0 Å². The molecule has 1 unspecified atom stereocenters. The molecule has 0 aromatic rings. The lowest BCUT2D eigenvalue weighted by Gasteiger charge is -2.12. The first kappa shape index (κ1) is 15.7. The number of aliphatic hydroxyl groups excluding tert-OH is 1. The van der Waals surface area contributed by atoms with E-state index in [4.69, 9.17) is 0 Å². The Balaban J connectivity index is 3.28. The highest BCUT2D eigenvalue weighted by molar-refractivity contribution is 4.56. The summed E-state index contributed by atoms with van der Waals surface area (Å²) in [5.41, 5.74) is 0. The standard InChI is InChI=1S/C11H21F3O2/c1-2-3-4-5-6-7-10(15)8-16-9-11(12,13)14/h10,15H,2-9H2,1H3. The van der Waals surface area contributed by atoms with Gasteiger partial charge in [0.25, 0.3) is 0 Å². The third-order valence-electron chi connectivity index (χ3n) is 2.22. The number of hydrogen-bond acceptors (Lipinski definition) is 2. The molecule has 0 aliphatic carbocycles. The molecule has 0 saturated carbocycles. The molecule has 2 nitrogen and oxygen atoms in total. The summed E-state index contributed by atoms with van der Waals surface area (Å²) >= 11 is 0. The molecule has 0 amide bonds. The summed E-state index contributed by atoms with van der Waals surface area (Å²) < 4.78 is 39.4. The van der Waals surface area contributed by atoms with Crippen molar-refractivity contribution in [1.82, 2.24) is 0 Å². The fourth-order valence-corrected chi connectivity index (χ4v) is 1.38. The van der Waals surface area contributed by atoms with E-state index in [1.165, 1.54) is 6.42 Å². The zero-order valence-electron chi connectivity index (χ0n) is 9.72. The predicted octanol–water partition coefficient (Wildman–Crippen LogP) is 3.29. The van der Waals surface area contributed by atoms with Crippen LogP contribution in [0.4, 0.5) is 13.2 Å². The molecule has 0 radical (unpaired) electrons. The Morgan fingerprint density at radius 1 is 1.12 bits per heavy atom. The molecule has 0 rings (SSSR count). The summed E-state index contributed by atoms with van der Waals surface area (Å²) in [4.78, 5) is 0. The molecule has 98 valence electrons. The van der Waals surface area contributed by atoms with Crippen molar-refractivity contribution in [3.05, 3.63) is 0 Å². The SMILES string of the molecule is CCCCCCCC(O)COCC(F)(F)F. The number of alkyl halides is 3. The summed E-state index contributed by atoms with van der Waals surface area (Å²) in [5, 5.41) is 9.31. The van der Waals surface area contributed by atoms with Crippen molar-refractivity contribution in [2.75, 3.05) is 13.2 Å². The van der Waals surface area contributed by atoms with Crippen molar-refractivity contribution in [2.45, 2.75) is 57.7 Å². The van der Waals surface area contributed by atoms with Gasteiger partial charge < -0.3 is 9.84 Å². The van der Waals surface area contributed by atoms with E-state index in [1.807, 2.05) is 0 Å². The molecule has 0 fully saturated rings. The van der Waals surface area contributed by atoms with E-state index < -0.39 is 18.9 Å². The molecule has 0 spiro atoms. The predicted molar refractivity (Wildman–Crippen MR) is 56.3 cm³/mol. The quantitative estimate of drug-likeness (QED) is 0.629. The van der Waals surface area contributed by atoms with Crippen molar-refractivity contribution in [2.24, 2.45) is 0 Å². The Bertz CT molecular complexity index is 160. The van der Waals surface area contributed by atoms with Crippen molar-refractivity contribution in [1.29, 1.82) is 0 Å². The molecular formula is C11H21F3O2. The van der Waals surface area contributed by atoms with Gasteiger partial charge in [-0.2, -0.15) is 13.2 Å². The van der Waals surface area contributed by atoms with E-state index in [0.717, 1.165) is 25.7 Å². The van der Waals surface area contributed by atoms with Gasteiger partial charge in [-0.1, -0.05) is 39.0 Å². The lowest BCUT2D eigenvalue weighted by atomic mass is 10.1. The van der Waals surface area contributed by atoms with Gasteiger partial charge in [0.05, 0.1) is 12.7 Å². The summed E-state index contributed by atoms with van der Waals surface area (Å²) in [6.07, 6.45) is 0.734. The van der Waals surface area contributed by atoms with Crippen LogP contribution >= 0.6 is 0 Å². The fourth-order valence-electron chi connectivity index (χ4n) is 1.38. The van der Waals surface area contributed by atoms with Crippen LogP contribution in [0.3, 0.4) is 0 Å². The highest BCUT2D eigenvalue weighted by Gasteiger charge is 2.27. The molecule has 0 saturated heterocycles. The van der Waals surface area contributed by atoms with Crippen LogP contribution in [-0.2, 0) is 4.74 Å². The molecule has 16 heavy (non-hydrogen) atoms. The second kappa shape index (κ2) is 8.82. The van der Waals surface area contributed by atoms with Crippen LogP contribution in [0, 0.1) is 0 Å². The molecule has 0 heterocycles. The second-order valence-electron chi connectivity index (χ2n) is 3.99. The van der Waals surface area contributed by atoms with E-state index in [-0.39, 0.29) is 6.61 Å². The lowest BCUT2D eigenvalue weighted by Crippen LogP contribution is -2.22. The monoisotopic (exact) mass is 242 g/mol. The Morgan fingerprint density at radius 2 is 1.75 bits per heavy atom. The average Bonchev–Trinajstić information content (AvgIpc) is 2.15. The van der Waals surface area contributed by atoms with Gasteiger partial charge in [-0.05, 0) is 6.42 Å². The zero-order chi connectivity index (χ0) is 12.4. The first-order chi connectivity index (χ1) is 7.45. The number of aliphatic hydroxyl groups is 1. The fraction of sp³-hybridized carbons (Fsp3) is 1.00. The summed E-state index contributed by atoms with van der Waals surface area (Å²) in [5.74, 6) is 0. The minimum atomic E-state index is -4.30. The maximum atomic E-state index is 11.7. The topological polar surface area (TPSA) is 29.5 Å². The van der Waals surface area contributed by atoms with Crippen molar-refractivity contribution in [3.8, 4) is 0 Å². The molecule has 1 atom stereocenters. The molecule has 0 aromatic heterocycles. The smallest absolute Gasteiger partial charge is 0.391 e.